The third-order valence-electron chi connectivity index (χ3n) is 2.42. The molecule has 0 bridgehead atoms. The number of hydrogen-bond acceptors (Lipinski definition) is 3. The quantitative estimate of drug-likeness (QED) is 0.882. The van der Waals surface area contributed by atoms with Crippen molar-refractivity contribution >= 4 is 41.1 Å². The van der Waals surface area contributed by atoms with E-state index in [9.17, 15) is 9.59 Å². The maximum atomic E-state index is 12.1. The Labute approximate surface area is 119 Å². The van der Waals surface area contributed by atoms with E-state index in [0.717, 1.165) is 0 Å². The van der Waals surface area contributed by atoms with Gasteiger partial charge in [0.05, 0.1) is 21.3 Å². The number of carbonyl (C=O) groups is 2. The highest BCUT2D eigenvalue weighted by Gasteiger charge is 2.16. The number of anilines is 1. The normalized spacial score (nSPS) is 10.0. The SMILES string of the molecule is O=Cc1ccccc1NC(=O)c1c(Cl)cncc1Cl. The monoisotopic (exact) mass is 294 g/mol. The van der Waals surface area contributed by atoms with Crippen molar-refractivity contribution in [1.29, 1.82) is 0 Å². The first-order valence-electron chi connectivity index (χ1n) is 5.28. The van der Waals surface area contributed by atoms with Gasteiger partial charge in [0, 0.05) is 18.0 Å². The Kier molecular flexibility index (Phi) is 4.14. The number of para-hydroxylation sites is 1. The highest BCUT2D eigenvalue weighted by atomic mass is 35.5. The second-order valence-electron chi connectivity index (χ2n) is 3.64. The fraction of sp³-hybridized carbons (Fsp3) is 0. The summed E-state index contributed by atoms with van der Waals surface area (Å²) in [6, 6.07) is 6.62. The van der Waals surface area contributed by atoms with Crippen LogP contribution in [-0.4, -0.2) is 17.2 Å². The van der Waals surface area contributed by atoms with Crippen LogP contribution in [0.1, 0.15) is 20.7 Å². The molecule has 96 valence electrons. The lowest BCUT2D eigenvalue weighted by atomic mass is 10.2. The van der Waals surface area contributed by atoms with Gasteiger partial charge in [0.1, 0.15) is 0 Å². The van der Waals surface area contributed by atoms with Gasteiger partial charge in [-0.05, 0) is 12.1 Å². The van der Waals surface area contributed by atoms with Crippen LogP contribution in [0.5, 0.6) is 0 Å². The molecule has 2 rings (SSSR count). The van der Waals surface area contributed by atoms with Gasteiger partial charge in [0.2, 0.25) is 0 Å². The Morgan fingerprint density at radius 2 is 1.79 bits per heavy atom. The number of aromatic nitrogens is 1. The lowest BCUT2D eigenvalue weighted by Crippen LogP contribution is -2.14. The van der Waals surface area contributed by atoms with E-state index in [1.165, 1.54) is 12.4 Å². The van der Waals surface area contributed by atoms with Gasteiger partial charge >= 0.3 is 0 Å². The standard InChI is InChI=1S/C13H8Cl2N2O2/c14-9-5-16-6-10(15)12(9)13(19)17-11-4-2-1-3-8(11)7-18/h1-7H,(H,17,19). The molecule has 0 atom stereocenters. The average molecular weight is 295 g/mol. The number of rotatable bonds is 3. The van der Waals surface area contributed by atoms with E-state index in [0.29, 0.717) is 17.5 Å². The molecule has 0 aliphatic carbocycles. The summed E-state index contributed by atoms with van der Waals surface area (Å²) in [6.45, 7) is 0. The molecular formula is C13H8Cl2N2O2. The van der Waals surface area contributed by atoms with Gasteiger partial charge in [-0.3, -0.25) is 14.6 Å². The Morgan fingerprint density at radius 1 is 1.16 bits per heavy atom. The molecule has 0 fully saturated rings. The Bertz CT molecular complexity index is 624. The van der Waals surface area contributed by atoms with Crippen LogP contribution in [0.3, 0.4) is 0 Å². The minimum atomic E-state index is -0.494. The summed E-state index contributed by atoms with van der Waals surface area (Å²) < 4.78 is 0. The fourth-order valence-electron chi connectivity index (χ4n) is 1.53. The third kappa shape index (κ3) is 2.92. The van der Waals surface area contributed by atoms with Crippen LogP contribution in [0.4, 0.5) is 5.69 Å². The van der Waals surface area contributed by atoms with E-state index in [4.69, 9.17) is 23.2 Å². The number of benzene rings is 1. The molecule has 1 heterocycles. The van der Waals surface area contributed by atoms with E-state index in [-0.39, 0.29) is 15.6 Å². The zero-order chi connectivity index (χ0) is 13.8. The predicted octanol–water partition coefficient (Wildman–Crippen LogP) is 3.45. The van der Waals surface area contributed by atoms with Crippen molar-refractivity contribution in [2.75, 3.05) is 5.32 Å². The van der Waals surface area contributed by atoms with Crippen molar-refractivity contribution in [2.24, 2.45) is 0 Å². The molecule has 0 saturated heterocycles. The van der Waals surface area contributed by atoms with Gasteiger partial charge in [-0.1, -0.05) is 35.3 Å². The van der Waals surface area contributed by atoms with Crippen molar-refractivity contribution < 1.29 is 9.59 Å². The first-order valence-corrected chi connectivity index (χ1v) is 6.03. The topological polar surface area (TPSA) is 59.1 Å². The summed E-state index contributed by atoms with van der Waals surface area (Å²) in [6.07, 6.45) is 3.31. The summed E-state index contributed by atoms with van der Waals surface area (Å²) in [7, 11) is 0. The molecule has 0 saturated carbocycles. The number of halogens is 2. The molecule has 0 aliphatic heterocycles. The molecule has 1 aromatic heterocycles. The summed E-state index contributed by atoms with van der Waals surface area (Å²) in [5.41, 5.74) is 0.891. The number of aldehydes is 1. The molecule has 4 nitrogen and oxygen atoms in total. The van der Waals surface area contributed by atoms with Gasteiger partial charge in [-0.2, -0.15) is 0 Å². The summed E-state index contributed by atoms with van der Waals surface area (Å²) >= 11 is 11.8. The number of pyridine rings is 1. The summed E-state index contributed by atoms with van der Waals surface area (Å²) in [5.74, 6) is -0.494. The summed E-state index contributed by atoms with van der Waals surface area (Å²) in [5, 5.41) is 2.89. The molecule has 1 amide bonds. The van der Waals surface area contributed by atoms with Gasteiger partial charge in [0.25, 0.3) is 5.91 Å². The van der Waals surface area contributed by atoms with Crippen molar-refractivity contribution in [2.45, 2.75) is 0 Å². The van der Waals surface area contributed by atoms with E-state index in [1.54, 1.807) is 24.3 Å². The summed E-state index contributed by atoms with van der Waals surface area (Å²) in [4.78, 5) is 26.7. The zero-order valence-corrected chi connectivity index (χ0v) is 11.1. The second-order valence-corrected chi connectivity index (χ2v) is 4.45. The first-order chi connectivity index (χ1) is 9.13. The molecule has 1 N–H and O–H groups in total. The minimum Gasteiger partial charge on any atom is -0.321 e. The lowest BCUT2D eigenvalue weighted by molar-refractivity contribution is 0.102. The number of nitrogens with zero attached hydrogens (tertiary/aromatic N) is 1. The predicted molar refractivity (Wildman–Crippen MR) is 74.0 cm³/mol. The van der Waals surface area contributed by atoms with Crippen LogP contribution in [0.2, 0.25) is 10.0 Å². The van der Waals surface area contributed by atoms with Gasteiger partial charge in [0.15, 0.2) is 6.29 Å². The van der Waals surface area contributed by atoms with E-state index < -0.39 is 5.91 Å². The van der Waals surface area contributed by atoms with E-state index >= 15 is 0 Å². The molecule has 0 aliphatic rings. The van der Waals surface area contributed by atoms with Crippen LogP contribution in [-0.2, 0) is 0 Å². The van der Waals surface area contributed by atoms with Crippen LogP contribution < -0.4 is 5.32 Å². The second kappa shape index (κ2) is 5.82. The van der Waals surface area contributed by atoms with Gasteiger partial charge < -0.3 is 5.32 Å². The first kappa shape index (κ1) is 13.5. The van der Waals surface area contributed by atoms with Crippen LogP contribution >= 0.6 is 23.2 Å². The lowest BCUT2D eigenvalue weighted by Gasteiger charge is -2.09. The molecule has 1 aromatic carbocycles. The van der Waals surface area contributed by atoms with Crippen molar-refractivity contribution in [3.05, 3.63) is 57.8 Å². The fourth-order valence-corrected chi connectivity index (χ4v) is 2.06. The number of nitrogens with one attached hydrogen (secondary N) is 1. The van der Waals surface area contributed by atoms with Crippen LogP contribution in [0.15, 0.2) is 36.7 Å². The maximum absolute atomic E-state index is 12.1. The maximum Gasteiger partial charge on any atom is 0.258 e. The molecule has 0 unspecified atom stereocenters. The Hall–Kier alpha value is -1.91. The van der Waals surface area contributed by atoms with Crippen LogP contribution in [0.25, 0.3) is 0 Å². The van der Waals surface area contributed by atoms with E-state index in [1.807, 2.05) is 0 Å². The highest BCUT2D eigenvalue weighted by Crippen LogP contribution is 2.24. The van der Waals surface area contributed by atoms with E-state index in [2.05, 4.69) is 10.3 Å². The smallest absolute Gasteiger partial charge is 0.258 e. The number of carbonyl (C=O) groups excluding carboxylic acids is 2. The molecule has 0 radical (unpaired) electrons. The number of hydrogen-bond donors (Lipinski definition) is 1. The van der Waals surface area contributed by atoms with Gasteiger partial charge in [-0.25, -0.2) is 0 Å². The minimum absolute atomic E-state index is 0.124. The Morgan fingerprint density at radius 3 is 2.42 bits per heavy atom. The van der Waals surface area contributed by atoms with Crippen molar-refractivity contribution in [1.82, 2.24) is 4.98 Å². The van der Waals surface area contributed by atoms with Crippen LogP contribution in [0, 0.1) is 0 Å². The molecule has 0 spiro atoms. The largest absolute Gasteiger partial charge is 0.321 e. The van der Waals surface area contributed by atoms with Gasteiger partial charge in [-0.15, -0.1) is 0 Å². The highest BCUT2D eigenvalue weighted by molar-refractivity contribution is 6.40. The molecular weight excluding hydrogens is 287 g/mol. The average Bonchev–Trinajstić information content (AvgIpc) is 2.39. The molecule has 6 heteroatoms. The number of amides is 1. The zero-order valence-electron chi connectivity index (χ0n) is 9.56. The third-order valence-corrected chi connectivity index (χ3v) is 2.99. The van der Waals surface area contributed by atoms with Crippen molar-refractivity contribution in [3.63, 3.8) is 0 Å². The molecule has 19 heavy (non-hydrogen) atoms. The van der Waals surface area contributed by atoms with Crippen molar-refractivity contribution in [3.8, 4) is 0 Å². The molecule has 2 aromatic rings. The Balaban J connectivity index is 2.34.